The summed E-state index contributed by atoms with van der Waals surface area (Å²) in [6, 6.07) is 8.54. The number of aromatic amines is 1. The van der Waals surface area contributed by atoms with Gasteiger partial charge in [-0.1, -0.05) is 0 Å². The molecule has 2 rings (SSSR count). The van der Waals surface area contributed by atoms with E-state index in [1.807, 2.05) is 31.2 Å². The summed E-state index contributed by atoms with van der Waals surface area (Å²) >= 11 is 0. The Hall–Kier alpha value is -2.30. The summed E-state index contributed by atoms with van der Waals surface area (Å²) in [6.45, 7) is 2.54. The Kier molecular flexibility index (Phi) is 3.09. The number of rotatable bonds is 3. The highest BCUT2D eigenvalue weighted by Gasteiger charge is 2.02. The summed E-state index contributed by atoms with van der Waals surface area (Å²) in [5.41, 5.74) is 6.05. The van der Waals surface area contributed by atoms with E-state index in [2.05, 4.69) is 9.97 Å². The van der Waals surface area contributed by atoms with Crippen molar-refractivity contribution >= 4 is 5.82 Å². The lowest BCUT2D eigenvalue weighted by Gasteiger charge is -2.04. The minimum atomic E-state index is -0.263. The monoisotopic (exact) mass is 231 g/mol. The summed E-state index contributed by atoms with van der Waals surface area (Å²) in [6.07, 6.45) is 0. The van der Waals surface area contributed by atoms with Crippen LogP contribution in [-0.4, -0.2) is 16.6 Å². The van der Waals surface area contributed by atoms with Crippen LogP contribution in [0.2, 0.25) is 0 Å². The number of aromatic nitrogens is 2. The number of anilines is 1. The second-order valence-corrected chi connectivity index (χ2v) is 3.48. The van der Waals surface area contributed by atoms with Crippen LogP contribution in [0.15, 0.2) is 35.1 Å². The fourth-order valence-corrected chi connectivity index (χ4v) is 1.49. The SMILES string of the molecule is CCOc1ccc(-c2nc(N)cc(=O)[nH]2)cc1. The van der Waals surface area contributed by atoms with E-state index in [0.717, 1.165) is 11.3 Å². The Morgan fingerprint density at radius 2 is 2.06 bits per heavy atom. The maximum atomic E-state index is 11.3. The zero-order valence-electron chi connectivity index (χ0n) is 9.43. The molecule has 0 aliphatic rings. The average Bonchev–Trinajstić information content (AvgIpc) is 2.29. The largest absolute Gasteiger partial charge is 0.494 e. The molecule has 0 saturated carbocycles. The Morgan fingerprint density at radius 3 is 2.65 bits per heavy atom. The molecular formula is C12H13N3O2. The highest BCUT2D eigenvalue weighted by Crippen LogP contribution is 2.18. The van der Waals surface area contributed by atoms with Gasteiger partial charge in [0.2, 0.25) is 0 Å². The number of nitrogens with zero attached hydrogens (tertiary/aromatic N) is 1. The van der Waals surface area contributed by atoms with Gasteiger partial charge in [-0.05, 0) is 31.2 Å². The molecule has 5 nitrogen and oxygen atoms in total. The molecule has 17 heavy (non-hydrogen) atoms. The molecule has 0 saturated heterocycles. The second kappa shape index (κ2) is 4.69. The van der Waals surface area contributed by atoms with E-state index in [0.29, 0.717) is 12.4 Å². The summed E-state index contributed by atoms with van der Waals surface area (Å²) in [4.78, 5) is 17.9. The lowest BCUT2D eigenvalue weighted by molar-refractivity contribution is 0.340. The first-order chi connectivity index (χ1) is 8.19. The molecule has 0 radical (unpaired) electrons. The van der Waals surface area contributed by atoms with Crippen LogP contribution in [0.4, 0.5) is 5.82 Å². The van der Waals surface area contributed by atoms with Gasteiger partial charge >= 0.3 is 0 Å². The lowest BCUT2D eigenvalue weighted by atomic mass is 10.2. The highest BCUT2D eigenvalue weighted by molar-refractivity contribution is 5.57. The van der Waals surface area contributed by atoms with Crippen LogP contribution in [0.3, 0.4) is 0 Å². The molecule has 0 unspecified atom stereocenters. The van der Waals surface area contributed by atoms with E-state index >= 15 is 0 Å². The third-order valence-electron chi connectivity index (χ3n) is 2.20. The lowest BCUT2D eigenvalue weighted by Crippen LogP contribution is -2.09. The van der Waals surface area contributed by atoms with Crippen LogP contribution in [0.5, 0.6) is 5.75 Å². The van der Waals surface area contributed by atoms with Crippen LogP contribution in [-0.2, 0) is 0 Å². The number of H-pyrrole nitrogens is 1. The third kappa shape index (κ3) is 2.63. The van der Waals surface area contributed by atoms with E-state index in [1.54, 1.807) is 0 Å². The van der Waals surface area contributed by atoms with Gasteiger partial charge in [-0.3, -0.25) is 4.79 Å². The average molecular weight is 231 g/mol. The minimum Gasteiger partial charge on any atom is -0.494 e. The first-order valence-electron chi connectivity index (χ1n) is 5.29. The molecule has 1 heterocycles. The Labute approximate surface area is 98.3 Å². The highest BCUT2D eigenvalue weighted by atomic mass is 16.5. The predicted octanol–water partition coefficient (Wildman–Crippen LogP) is 1.42. The second-order valence-electron chi connectivity index (χ2n) is 3.48. The first kappa shape index (κ1) is 11.2. The van der Waals surface area contributed by atoms with Crippen molar-refractivity contribution in [1.82, 2.24) is 9.97 Å². The van der Waals surface area contributed by atoms with Gasteiger partial charge in [-0.2, -0.15) is 0 Å². The summed E-state index contributed by atoms with van der Waals surface area (Å²) in [5, 5.41) is 0. The fourth-order valence-electron chi connectivity index (χ4n) is 1.49. The van der Waals surface area contributed by atoms with Crippen LogP contribution in [0, 0.1) is 0 Å². The molecule has 0 atom stereocenters. The van der Waals surface area contributed by atoms with E-state index in [-0.39, 0.29) is 11.4 Å². The van der Waals surface area contributed by atoms with E-state index < -0.39 is 0 Å². The zero-order chi connectivity index (χ0) is 12.3. The normalized spacial score (nSPS) is 10.2. The Morgan fingerprint density at radius 1 is 1.35 bits per heavy atom. The van der Waals surface area contributed by atoms with Crippen molar-refractivity contribution in [2.24, 2.45) is 0 Å². The number of nitrogens with two attached hydrogens (primary N) is 1. The number of nitrogens with one attached hydrogen (secondary N) is 1. The first-order valence-corrected chi connectivity index (χ1v) is 5.29. The molecule has 0 aliphatic heterocycles. The van der Waals surface area contributed by atoms with E-state index in [4.69, 9.17) is 10.5 Å². The van der Waals surface area contributed by atoms with Crippen molar-refractivity contribution < 1.29 is 4.74 Å². The van der Waals surface area contributed by atoms with Crippen molar-refractivity contribution in [3.8, 4) is 17.1 Å². The molecule has 1 aromatic heterocycles. The molecule has 0 amide bonds. The number of ether oxygens (including phenoxy) is 1. The van der Waals surface area contributed by atoms with Gasteiger partial charge in [-0.25, -0.2) is 4.98 Å². The molecule has 1 aromatic carbocycles. The summed E-state index contributed by atoms with van der Waals surface area (Å²) < 4.78 is 5.33. The van der Waals surface area contributed by atoms with Gasteiger partial charge in [0.1, 0.15) is 17.4 Å². The Balaban J connectivity index is 2.36. The molecule has 0 spiro atoms. The smallest absolute Gasteiger partial charge is 0.253 e. The van der Waals surface area contributed by atoms with Gasteiger partial charge in [0.15, 0.2) is 0 Å². The summed E-state index contributed by atoms with van der Waals surface area (Å²) in [7, 11) is 0. The number of hydrogen-bond donors (Lipinski definition) is 2. The quantitative estimate of drug-likeness (QED) is 0.837. The van der Waals surface area contributed by atoms with Crippen LogP contribution >= 0.6 is 0 Å². The molecule has 0 fully saturated rings. The van der Waals surface area contributed by atoms with Crippen LogP contribution < -0.4 is 16.0 Å². The van der Waals surface area contributed by atoms with Crippen molar-refractivity contribution in [1.29, 1.82) is 0 Å². The van der Waals surface area contributed by atoms with Crippen molar-refractivity contribution in [3.05, 3.63) is 40.7 Å². The Bertz CT molecular complexity index is 561. The summed E-state index contributed by atoms with van der Waals surface area (Å²) in [5.74, 6) is 1.44. The van der Waals surface area contributed by atoms with Crippen molar-refractivity contribution in [2.75, 3.05) is 12.3 Å². The zero-order valence-corrected chi connectivity index (χ0v) is 9.43. The topological polar surface area (TPSA) is 81.0 Å². The minimum absolute atomic E-state index is 0.206. The molecular weight excluding hydrogens is 218 g/mol. The van der Waals surface area contributed by atoms with Gasteiger partial charge in [-0.15, -0.1) is 0 Å². The molecule has 2 aromatic rings. The van der Waals surface area contributed by atoms with Gasteiger partial charge in [0.25, 0.3) is 5.56 Å². The number of benzene rings is 1. The van der Waals surface area contributed by atoms with Crippen molar-refractivity contribution in [2.45, 2.75) is 6.92 Å². The number of nitrogen functional groups attached to an aromatic ring is 1. The number of hydrogen-bond acceptors (Lipinski definition) is 4. The maximum absolute atomic E-state index is 11.3. The molecule has 3 N–H and O–H groups in total. The maximum Gasteiger partial charge on any atom is 0.253 e. The molecule has 5 heteroatoms. The van der Waals surface area contributed by atoms with E-state index in [9.17, 15) is 4.79 Å². The van der Waals surface area contributed by atoms with Crippen LogP contribution in [0.25, 0.3) is 11.4 Å². The van der Waals surface area contributed by atoms with Gasteiger partial charge in [0, 0.05) is 11.6 Å². The standard InChI is InChI=1S/C12H13N3O2/c1-2-17-9-5-3-8(4-6-9)12-14-10(13)7-11(16)15-12/h3-7H,2H2,1H3,(H3,13,14,15,16). The molecule has 0 bridgehead atoms. The van der Waals surface area contributed by atoms with Gasteiger partial charge < -0.3 is 15.5 Å². The fraction of sp³-hybridized carbons (Fsp3) is 0.167. The molecule has 88 valence electrons. The van der Waals surface area contributed by atoms with Crippen molar-refractivity contribution in [3.63, 3.8) is 0 Å². The van der Waals surface area contributed by atoms with E-state index in [1.165, 1.54) is 6.07 Å². The molecule has 0 aliphatic carbocycles. The predicted molar refractivity (Wildman–Crippen MR) is 65.9 cm³/mol. The third-order valence-corrected chi connectivity index (χ3v) is 2.20. The van der Waals surface area contributed by atoms with Crippen LogP contribution in [0.1, 0.15) is 6.92 Å². The van der Waals surface area contributed by atoms with Gasteiger partial charge in [0.05, 0.1) is 6.61 Å².